The molecule has 0 radical (unpaired) electrons. The van der Waals surface area contributed by atoms with Crippen LogP contribution in [0.4, 0.5) is 0 Å². The van der Waals surface area contributed by atoms with Crippen LogP contribution in [0.3, 0.4) is 0 Å². The molecule has 2 aromatic carbocycles. The van der Waals surface area contributed by atoms with Crippen LogP contribution in [0.1, 0.15) is 5.76 Å². The van der Waals surface area contributed by atoms with Crippen LogP contribution in [-0.4, -0.2) is 13.1 Å². The topological polar surface area (TPSA) is 39.4 Å². The number of furan rings is 1. The normalized spacial score (nSPS) is 10.7. The Morgan fingerprint density at radius 3 is 2.50 bits per heavy atom. The number of para-hydroxylation sites is 1. The average molecular weight is 266 g/mol. The van der Waals surface area contributed by atoms with Crippen LogP contribution in [0, 0.1) is 0 Å². The maximum Gasteiger partial charge on any atom is 0.313 e. The summed E-state index contributed by atoms with van der Waals surface area (Å²) in [5.74, 6) is 0.338. The number of hydrogen-bond donors (Lipinski definition) is 0. The van der Waals surface area contributed by atoms with Crippen molar-refractivity contribution in [1.29, 1.82) is 0 Å². The zero-order valence-electron chi connectivity index (χ0n) is 11.1. The summed E-state index contributed by atoms with van der Waals surface area (Å²) >= 11 is 0. The summed E-state index contributed by atoms with van der Waals surface area (Å²) in [5.41, 5.74) is 2.79. The van der Waals surface area contributed by atoms with E-state index >= 15 is 0 Å². The predicted molar refractivity (Wildman–Crippen MR) is 77.4 cm³/mol. The van der Waals surface area contributed by atoms with Crippen LogP contribution >= 0.6 is 0 Å². The van der Waals surface area contributed by atoms with Gasteiger partial charge in [-0.3, -0.25) is 4.79 Å². The highest BCUT2D eigenvalue weighted by atomic mass is 16.5. The van der Waals surface area contributed by atoms with Crippen molar-refractivity contribution in [1.82, 2.24) is 0 Å². The minimum Gasteiger partial charge on any atom is -0.469 e. The number of carbonyl (C=O) groups is 1. The molecule has 0 fully saturated rings. The SMILES string of the molecule is COC(=O)Cc1oc2ccccc2c1-c1ccccc1. The van der Waals surface area contributed by atoms with E-state index in [0.717, 1.165) is 22.1 Å². The van der Waals surface area contributed by atoms with Gasteiger partial charge in [-0.25, -0.2) is 0 Å². The van der Waals surface area contributed by atoms with Gasteiger partial charge in [-0.05, 0) is 11.6 Å². The molecular formula is C17H14O3. The summed E-state index contributed by atoms with van der Waals surface area (Å²) in [7, 11) is 1.38. The minimum atomic E-state index is -0.304. The molecule has 3 heteroatoms. The molecule has 0 unspecified atom stereocenters. The molecule has 3 rings (SSSR count). The van der Waals surface area contributed by atoms with Crippen molar-refractivity contribution >= 4 is 16.9 Å². The molecular weight excluding hydrogens is 252 g/mol. The quantitative estimate of drug-likeness (QED) is 0.677. The van der Waals surface area contributed by atoms with Gasteiger partial charge in [0.15, 0.2) is 0 Å². The van der Waals surface area contributed by atoms with Gasteiger partial charge in [-0.15, -0.1) is 0 Å². The Balaban J connectivity index is 2.21. The Morgan fingerprint density at radius 1 is 1.05 bits per heavy atom. The molecule has 1 heterocycles. The molecule has 0 aliphatic rings. The summed E-state index contributed by atoms with van der Waals surface area (Å²) in [5, 5.41) is 1.01. The lowest BCUT2D eigenvalue weighted by atomic mass is 10.0. The van der Waals surface area contributed by atoms with Crippen molar-refractivity contribution in [3.8, 4) is 11.1 Å². The highest BCUT2D eigenvalue weighted by Gasteiger charge is 2.18. The maximum absolute atomic E-state index is 11.6. The van der Waals surface area contributed by atoms with E-state index in [4.69, 9.17) is 9.15 Å². The third kappa shape index (κ3) is 2.18. The summed E-state index contributed by atoms with van der Waals surface area (Å²) in [6.07, 6.45) is 0.134. The first-order valence-corrected chi connectivity index (χ1v) is 6.42. The second-order valence-corrected chi connectivity index (χ2v) is 4.52. The molecule has 3 aromatic rings. The molecule has 3 nitrogen and oxygen atoms in total. The smallest absolute Gasteiger partial charge is 0.313 e. The maximum atomic E-state index is 11.6. The van der Waals surface area contributed by atoms with Gasteiger partial charge in [0.1, 0.15) is 17.8 Å². The van der Waals surface area contributed by atoms with Gasteiger partial charge in [-0.2, -0.15) is 0 Å². The molecule has 0 spiro atoms. The molecule has 100 valence electrons. The van der Waals surface area contributed by atoms with Crippen molar-refractivity contribution < 1.29 is 13.9 Å². The number of carbonyl (C=O) groups excluding carboxylic acids is 1. The minimum absolute atomic E-state index is 0.134. The number of esters is 1. The van der Waals surface area contributed by atoms with E-state index in [1.807, 2.05) is 54.6 Å². The zero-order valence-corrected chi connectivity index (χ0v) is 11.1. The monoisotopic (exact) mass is 266 g/mol. The Morgan fingerprint density at radius 2 is 1.75 bits per heavy atom. The van der Waals surface area contributed by atoms with Crippen molar-refractivity contribution in [2.75, 3.05) is 7.11 Å². The molecule has 0 aliphatic carbocycles. The molecule has 0 aliphatic heterocycles. The van der Waals surface area contributed by atoms with Crippen LogP contribution in [-0.2, 0) is 16.0 Å². The van der Waals surface area contributed by atoms with E-state index in [-0.39, 0.29) is 12.4 Å². The fraction of sp³-hybridized carbons (Fsp3) is 0.118. The van der Waals surface area contributed by atoms with Crippen LogP contribution in [0.5, 0.6) is 0 Å². The molecule has 0 saturated heterocycles. The first-order valence-electron chi connectivity index (χ1n) is 6.42. The number of rotatable bonds is 3. The number of ether oxygens (including phenoxy) is 1. The molecule has 0 saturated carbocycles. The molecule has 0 atom stereocenters. The van der Waals surface area contributed by atoms with Crippen LogP contribution in [0.15, 0.2) is 59.0 Å². The van der Waals surface area contributed by atoms with E-state index < -0.39 is 0 Å². The molecule has 20 heavy (non-hydrogen) atoms. The lowest BCUT2D eigenvalue weighted by Crippen LogP contribution is -2.04. The highest BCUT2D eigenvalue weighted by Crippen LogP contribution is 2.35. The van der Waals surface area contributed by atoms with Gasteiger partial charge < -0.3 is 9.15 Å². The number of fused-ring (bicyclic) bond motifs is 1. The Bertz CT molecular complexity index is 741. The molecule has 0 amide bonds. The van der Waals surface area contributed by atoms with Crippen LogP contribution in [0.2, 0.25) is 0 Å². The van der Waals surface area contributed by atoms with Gasteiger partial charge >= 0.3 is 5.97 Å². The standard InChI is InChI=1S/C17H14O3/c1-19-16(18)11-15-17(12-7-3-2-4-8-12)13-9-5-6-10-14(13)20-15/h2-10H,11H2,1H3. The van der Waals surface area contributed by atoms with Crippen molar-refractivity contribution in [3.05, 3.63) is 60.4 Å². The Hall–Kier alpha value is -2.55. The Labute approximate surface area is 116 Å². The summed E-state index contributed by atoms with van der Waals surface area (Å²) in [4.78, 5) is 11.6. The first-order chi connectivity index (χ1) is 9.79. The van der Waals surface area contributed by atoms with Crippen LogP contribution < -0.4 is 0 Å². The third-order valence-corrected chi connectivity index (χ3v) is 3.26. The van der Waals surface area contributed by atoms with E-state index in [1.54, 1.807) is 0 Å². The molecule has 0 N–H and O–H groups in total. The average Bonchev–Trinajstić information content (AvgIpc) is 2.85. The van der Waals surface area contributed by atoms with Gasteiger partial charge in [0.25, 0.3) is 0 Å². The lowest BCUT2D eigenvalue weighted by molar-refractivity contribution is -0.140. The largest absolute Gasteiger partial charge is 0.469 e. The third-order valence-electron chi connectivity index (χ3n) is 3.26. The lowest BCUT2D eigenvalue weighted by Gasteiger charge is -2.02. The van der Waals surface area contributed by atoms with E-state index in [0.29, 0.717) is 5.76 Å². The van der Waals surface area contributed by atoms with Crippen molar-refractivity contribution in [2.45, 2.75) is 6.42 Å². The number of hydrogen-bond acceptors (Lipinski definition) is 3. The van der Waals surface area contributed by atoms with E-state index in [9.17, 15) is 4.79 Å². The Kier molecular flexibility index (Phi) is 3.25. The summed E-state index contributed by atoms with van der Waals surface area (Å²) in [6.45, 7) is 0. The summed E-state index contributed by atoms with van der Waals surface area (Å²) < 4.78 is 10.6. The van der Waals surface area contributed by atoms with E-state index in [1.165, 1.54) is 7.11 Å². The van der Waals surface area contributed by atoms with Crippen LogP contribution in [0.25, 0.3) is 22.1 Å². The zero-order chi connectivity index (χ0) is 13.9. The predicted octanol–water partition coefficient (Wildman–Crippen LogP) is 3.82. The molecule has 0 bridgehead atoms. The van der Waals surface area contributed by atoms with Crippen molar-refractivity contribution in [2.24, 2.45) is 0 Å². The van der Waals surface area contributed by atoms with Gasteiger partial charge in [0.2, 0.25) is 0 Å². The second-order valence-electron chi connectivity index (χ2n) is 4.52. The van der Waals surface area contributed by atoms with Gasteiger partial charge in [-0.1, -0.05) is 48.5 Å². The van der Waals surface area contributed by atoms with Gasteiger partial charge in [0, 0.05) is 10.9 Å². The van der Waals surface area contributed by atoms with E-state index in [2.05, 4.69) is 0 Å². The highest BCUT2D eigenvalue weighted by molar-refractivity contribution is 5.96. The van der Waals surface area contributed by atoms with Gasteiger partial charge in [0.05, 0.1) is 7.11 Å². The fourth-order valence-electron chi connectivity index (χ4n) is 2.35. The van der Waals surface area contributed by atoms with Crippen molar-refractivity contribution in [3.63, 3.8) is 0 Å². The molecule has 1 aromatic heterocycles. The second kappa shape index (κ2) is 5.21. The summed E-state index contributed by atoms with van der Waals surface area (Å²) in [6, 6.07) is 17.7. The fourth-order valence-corrected chi connectivity index (χ4v) is 2.35. The number of methoxy groups -OCH3 is 1. The number of benzene rings is 2. The first kappa shape index (κ1) is 12.5.